The van der Waals surface area contributed by atoms with Crippen LogP contribution in [-0.4, -0.2) is 0 Å². The first-order valence-electron chi connectivity index (χ1n) is 3.62. The van der Waals surface area contributed by atoms with Gasteiger partial charge in [0.2, 0.25) is 0 Å². The van der Waals surface area contributed by atoms with Crippen molar-refractivity contribution in [3.8, 4) is 0 Å². The van der Waals surface area contributed by atoms with Crippen LogP contribution in [0.3, 0.4) is 0 Å². The summed E-state index contributed by atoms with van der Waals surface area (Å²) in [6.45, 7) is 4.41. The topological polar surface area (TPSA) is 0 Å². The maximum absolute atomic E-state index is 2.21. The number of hydrogen-bond donors (Lipinski definition) is 0. The van der Waals surface area contributed by atoms with Crippen LogP contribution in [0.15, 0.2) is 18.2 Å². The van der Waals surface area contributed by atoms with E-state index in [4.69, 9.17) is 0 Å². The first kappa shape index (κ1) is 9.84. The van der Waals surface area contributed by atoms with Crippen molar-refractivity contribution in [1.82, 2.24) is 0 Å². The van der Waals surface area contributed by atoms with Crippen LogP contribution < -0.4 is 0 Å². The average molecular weight is 180 g/mol. The molecule has 10 heavy (non-hydrogen) atoms. The zero-order valence-corrected chi connectivity index (χ0v) is 7.45. The van der Waals surface area contributed by atoms with Crippen LogP contribution in [-0.2, 0) is 29.3 Å². The van der Waals surface area contributed by atoms with E-state index in [2.05, 4.69) is 32.0 Å². The summed E-state index contributed by atoms with van der Waals surface area (Å²) in [5, 5.41) is 0. The number of rotatable bonds is 2. The van der Waals surface area contributed by atoms with Gasteiger partial charge in [-0.25, -0.2) is 12.1 Å². The molecule has 0 amide bonds. The van der Waals surface area contributed by atoms with Gasteiger partial charge in [-0.2, -0.15) is 17.2 Å². The molecule has 0 atom stereocenters. The summed E-state index contributed by atoms with van der Waals surface area (Å²) in [6.07, 6.45) is 2.35. The minimum atomic E-state index is 0. The van der Waals surface area contributed by atoms with Gasteiger partial charge in [-0.15, -0.1) is 0 Å². The molecule has 0 unspecified atom stereocenters. The van der Waals surface area contributed by atoms with E-state index in [0.29, 0.717) is 0 Å². The summed E-state index contributed by atoms with van der Waals surface area (Å²) in [5.74, 6) is 0. The van der Waals surface area contributed by atoms with E-state index in [1.165, 1.54) is 24.0 Å². The Kier molecular flexibility index (Phi) is 4.55. The van der Waals surface area contributed by atoms with E-state index in [-0.39, 0.29) is 16.5 Å². The zero-order chi connectivity index (χ0) is 6.69. The molecule has 0 N–H and O–H groups in total. The van der Waals surface area contributed by atoms with Gasteiger partial charge in [0.25, 0.3) is 0 Å². The fourth-order valence-corrected chi connectivity index (χ4v) is 1.18. The van der Waals surface area contributed by atoms with Crippen molar-refractivity contribution in [1.29, 1.82) is 0 Å². The van der Waals surface area contributed by atoms with Crippen molar-refractivity contribution in [3.63, 3.8) is 0 Å². The predicted octanol–water partition coefficient (Wildman–Crippen LogP) is 2.53. The van der Waals surface area contributed by atoms with Crippen molar-refractivity contribution < 1.29 is 16.5 Å². The summed E-state index contributed by atoms with van der Waals surface area (Å²) in [6, 6.07) is 6.55. The van der Waals surface area contributed by atoms with E-state index in [0.717, 1.165) is 0 Å². The second kappa shape index (κ2) is 4.63. The van der Waals surface area contributed by atoms with E-state index < -0.39 is 0 Å². The molecule has 0 aliphatic heterocycles. The van der Waals surface area contributed by atoms with Crippen LogP contribution in [0.4, 0.5) is 0 Å². The molecule has 60 valence electrons. The maximum atomic E-state index is 2.21. The molecule has 0 aliphatic rings. The molecule has 0 aromatic heterocycles. The number of hydrogen-bond acceptors (Lipinski definition) is 0. The van der Waals surface area contributed by atoms with Crippen LogP contribution in [0.5, 0.6) is 0 Å². The first-order chi connectivity index (χ1) is 4.38. The second-order valence-corrected chi connectivity index (χ2v) is 2.28. The van der Waals surface area contributed by atoms with Gasteiger partial charge in [0.05, 0.1) is 0 Å². The Morgan fingerprint density at radius 1 is 1.40 bits per heavy atom. The van der Waals surface area contributed by atoms with Gasteiger partial charge in [0, 0.05) is 16.5 Å². The van der Waals surface area contributed by atoms with Crippen molar-refractivity contribution in [2.75, 3.05) is 0 Å². The Bertz CT molecular complexity index is 158. The summed E-state index contributed by atoms with van der Waals surface area (Å²) < 4.78 is 0. The minimum Gasteiger partial charge on any atom is -0.213 e. The fourth-order valence-electron chi connectivity index (χ4n) is 1.18. The summed E-state index contributed by atoms with van der Waals surface area (Å²) in [7, 11) is 0. The molecule has 1 rings (SSSR count). The van der Waals surface area contributed by atoms with Crippen molar-refractivity contribution in [2.24, 2.45) is 0 Å². The first-order valence-corrected chi connectivity index (χ1v) is 3.62. The van der Waals surface area contributed by atoms with Crippen LogP contribution in [0.25, 0.3) is 0 Å². The molecular weight excluding hydrogens is 167 g/mol. The molecule has 0 saturated carbocycles. The summed E-state index contributed by atoms with van der Waals surface area (Å²) in [5.41, 5.74) is 3.02. The third kappa shape index (κ3) is 1.92. The molecule has 0 radical (unpaired) electrons. The summed E-state index contributed by atoms with van der Waals surface area (Å²) in [4.78, 5) is 0. The number of aryl methyl sites for hydroxylation is 2. The van der Waals surface area contributed by atoms with Crippen LogP contribution >= 0.6 is 0 Å². The quantitative estimate of drug-likeness (QED) is 0.484. The Morgan fingerprint density at radius 3 is 2.50 bits per heavy atom. The molecule has 0 aliphatic carbocycles. The SMILES string of the molecule is CCc1ccc[c-]1CC.[Ni]. The minimum absolute atomic E-state index is 0. The molecule has 0 heterocycles. The second-order valence-electron chi connectivity index (χ2n) is 2.28. The standard InChI is InChI=1S/C9H13.Ni/c1-3-8-6-5-7-9(8)4-2;/h5-7H,3-4H2,1-2H3;/q-1;. The normalized spacial score (nSPS) is 9.00. The molecule has 0 spiro atoms. The third-order valence-corrected chi connectivity index (χ3v) is 1.77. The monoisotopic (exact) mass is 179 g/mol. The Balaban J connectivity index is 0.000000810. The predicted molar refractivity (Wildman–Crippen MR) is 40.8 cm³/mol. The van der Waals surface area contributed by atoms with Gasteiger partial charge in [-0.1, -0.05) is 26.7 Å². The molecule has 0 fully saturated rings. The van der Waals surface area contributed by atoms with E-state index >= 15 is 0 Å². The van der Waals surface area contributed by atoms with Gasteiger partial charge in [0.1, 0.15) is 0 Å². The van der Waals surface area contributed by atoms with Gasteiger partial charge in [0.15, 0.2) is 0 Å². The van der Waals surface area contributed by atoms with Gasteiger partial charge < -0.3 is 0 Å². The Labute approximate surface area is 72.9 Å². The molecule has 1 aromatic rings. The van der Waals surface area contributed by atoms with Gasteiger partial charge in [-0.05, 0) is 0 Å². The van der Waals surface area contributed by atoms with E-state index in [1.807, 2.05) is 0 Å². The van der Waals surface area contributed by atoms with Gasteiger partial charge in [-0.3, -0.25) is 0 Å². The maximum Gasteiger partial charge on any atom is 0 e. The Hall–Kier alpha value is -0.156. The van der Waals surface area contributed by atoms with Crippen molar-refractivity contribution >= 4 is 0 Å². The summed E-state index contributed by atoms with van der Waals surface area (Å²) >= 11 is 0. The zero-order valence-electron chi connectivity index (χ0n) is 6.46. The van der Waals surface area contributed by atoms with Crippen molar-refractivity contribution in [3.05, 3.63) is 29.3 Å². The third-order valence-electron chi connectivity index (χ3n) is 1.77. The molecule has 0 bridgehead atoms. The van der Waals surface area contributed by atoms with Crippen LogP contribution in [0.1, 0.15) is 25.0 Å². The largest absolute Gasteiger partial charge is 0.213 e. The molecular formula is C9H13Ni-. The average Bonchev–Trinajstić information content (AvgIpc) is 2.33. The van der Waals surface area contributed by atoms with Gasteiger partial charge >= 0.3 is 0 Å². The fraction of sp³-hybridized carbons (Fsp3) is 0.444. The molecule has 1 heteroatoms. The van der Waals surface area contributed by atoms with Crippen molar-refractivity contribution in [2.45, 2.75) is 26.7 Å². The smallest absolute Gasteiger partial charge is 0 e. The van der Waals surface area contributed by atoms with Crippen LogP contribution in [0, 0.1) is 0 Å². The molecule has 0 saturated heterocycles. The van der Waals surface area contributed by atoms with Crippen LogP contribution in [0.2, 0.25) is 0 Å². The van der Waals surface area contributed by atoms with E-state index in [1.54, 1.807) is 0 Å². The molecule has 0 nitrogen and oxygen atoms in total. The Morgan fingerprint density at radius 2 is 2.10 bits per heavy atom. The molecule has 1 aromatic carbocycles. The van der Waals surface area contributed by atoms with E-state index in [9.17, 15) is 0 Å².